The van der Waals surface area contributed by atoms with Gasteiger partial charge in [0, 0.05) is 57.6 Å². The number of hydrogen-bond donors (Lipinski definition) is 0. The van der Waals surface area contributed by atoms with Crippen molar-refractivity contribution in [1.82, 2.24) is 14.7 Å². The maximum atomic E-state index is 13.3. The fourth-order valence-corrected chi connectivity index (χ4v) is 5.67. The Labute approximate surface area is 184 Å². The number of likely N-dealkylation sites (tertiary alicyclic amines) is 2. The van der Waals surface area contributed by atoms with Crippen molar-refractivity contribution in [1.29, 1.82) is 0 Å². The molecule has 1 spiro atoms. The molecule has 166 valence electrons. The van der Waals surface area contributed by atoms with Gasteiger partial charge in [0.05, 0.1) is 19.1 Å². The Morgan fingerprint density at radius 2 is 1.84 bits per heavy atom. The van der Waals surface area contributed by atoms with E-state index in [1.807, 2.05) is 4.90 Å². The molecule has 1 atom stereocenters. The summed E-state index contributed by atoms with van der Waals surface area (Å²) in [5, 5.41) is 0. The zero-order valence-electron chi connectivity index (χ0n) is 18.3. The predicted octanol–water partition coefficient (Wildman–Crippen LogP) is 2.14. The van der Waals surface area contributed by atoms with Crippen LogP contribution in [0.15, 0.2) is 30.3 Å². The summed E-state index contributed by atoms with van der Waals surface area (Å²) in [5.41, 5.74) is 2.84. The molecule has 3 heterocycles. The first-order chi connectivity index (χ1) is 15.1. The van der Waals surface area contributed by atoms with E-state index in [4.69, 9.17) is 4.74 Å². The molecule has 0 unspecified atom stereocenters. The Hall–Kier alpha value is -2.18. The topological polar surface area (TPSA) is 53.1 Å². The molecule has 31 heavy (non-hydrogen) atoms. The number of fused-ring (bicyclic) bond motifs is 2. The Morgan fingerprint density at radius 3 is 2.65 bits per heavy atom. The molecule has 1 aromatic carbocycles. The minimum atomic E-state index is -0.0529. The van der Waals surface area contributed by atoms with Gasteiger partial charge in [-0.25, -0.2) is 0 Å². The molecule has 3 fully saturated rings. The molecule has 4 aliphatic rings. The average molecular weight is 424 g/mol. The van der Waals surface area contributed by atoms with Crippen molar-refractivity contribution >= 4 is 17.9 Å². The lowest BCUT2D eigenvalue weighted by molar-refractivity contribution is -0.144. The smallest absolute Gasteiger partial charge is 0.227 e. The number of nitrogens with zero attached hydrogens (tertiary/aromatic N) is 3. The van der Waals surface area contributed by atoms with Gasteiger partial charge in [0.2, 0.25) is 11.8 Å². The summed E-state index contributed by atoms with van der Waals surface area (Å²) in [5.74, 6) is 0.388. The normalized spacial score (nSPS) is 25.8. The van der Waals surface area contributed by atoms with E-state index in [0.717, 1.165) is 58.8 Å². The zero-order chi connectivity index (χ0) is 21.3. The van der Waals surface area contributed by atoms with E-state index in [-0.39, 0.29) is 23.1 Å². The van der Waals surface area contributed by atoms with E-state index in [0.29, 0.717) is 25.9 Å². The monoisotopic (exact) mass is 423 g/mol. The molecular weight excluding hydrogens is 390 g/mol. The maximum Gasteiger partial charge on any atom is 0.227 e. The van der Waals surface area contributed by atoms with Gasteiger partial charge in [-0.1, -0.05) is 36.4 Å². The Balaban J connectivity index is 1.16. The van der Waals surface area contributed by atoms with Crippen molar-refractivity contribution in [3.05, 3.63) is 41.5 Å². The summed E-state index contributed by atoms with van der Waals surface area (Å²) >= 11 is 0. The van der Waals surface area contributed by atoms with Gasteiger partial charge in [-0.05, 0) is 30.4 Å². The van der Waals surface area contributed by atoms with Gasteiger partial charge in [-0.3, -0.25) is 14.5 Å². The number of benzene rings is 1. The van der Waals surface area contributed by atoms with Crippen LogP contribution in [0.3, 0.4) is 0 Å². The van der Waals surface area contributed by atoms with E-state index in [2.05, 4.69) is 46.2 Å². The van der Waals surface area contributed by atoms with Crippen LogP contribution < -0.4 is 0 Å². The fourth-order valence-electron chi connectivity index (χ4n) is 5.67. The molecule has 1 aliphatic carbocycles. The van der Waals surface area contributed by atoms with Crippen LogP contribution >= 0.6 is 0 Å². The Morgan fingerprint density at radius 1 is 1.06 bits per heavy atom. The van der Waals surface area contributed by atoms with Crippen LogP contribution in [0.4, 0.5) is 0 Å². The number of morpholine rings is 1. The molecule has 6 nitrogen and oxygen atoms in total. The lowest BCUT2D eigenvalue weighted by Gasteiger charge is -2.42. The van der Waals surface area contributed by atoms with Gasteiger partial charge in [-0.15, -0.1) is 0 Å². The van der Waals surface area contributed by atoms with Gasteiger partial charge < -0.3 is 14.5 Å². The van der Waals surface area contributed by atoms with Crippen molar-refractivity contribution < 1.29 is 14.3 Å². The number of hydrogen-bond acceptors (Lipinski definition) is 4. The van der Waals surface area contributed by atoms with E-state index in [9.17, 15) is 9.59 Å². The minimum Gasteiger partial charge on any atom is -0.379 e. The standard InChI is InChI=1S/C25H33N3O3/c29-23-6-5-21(19-28(23)14-13-26-15-17-31-18-16-26)24(30)27-11-9-25(10-12-27)8-7-20-3-1-2-4-22(20)25/h1-4,7-8,21H,5-6,9-19H2/t21-/m0/s1. The number of rotatable bonds is 4. The molecule has 0 aromatic heterocycles. The molecule has 5 rings (SSSR count). The van der Waals surface area contributed by atoms with Crippen molar-refractivity contribution in [3.63, 3.8) is 0 Å². The number of piperidine rings is 2. The molecule has 3 aliphatic heterocycles. The minimum absolute atomic E-state index is 0.0529. The molecular formula is C25H33N3O3. The number of amides is 2. The highest BCUT2D eigenvalue weighted by Crippen LogP contribution is 2.43. The highest BCUT2D eigenvalue weighted by atomic mass is 16.5. The van der Waals surface area contributed by atoms with Crippen LogP contribution in [0, 0.1) is 5.92 Å². The number of allylic oxidation sites excluding steroid dienone is 1. The quantitative estimate of drug-likeness (QED) is 0.745. The Bertz CT molecular complexity index is 853. The molecule has 0 N–H and O–H groups in total. The second-order valence-corrected chi connectivity index (χ2v) is 9.43. The summed E-state index contributed by atoms with van der Waals surface area (Å²) < 4.78 is 5.41. The van der Waals surface area contributed by atoms with Gasteiger partial charge in [0.15, 0.2) is 0 Å². The summed E-state index contributed by atoms with van der Waals surface area (Å²) in [6, 6.07) is 8.64. The van der Waals surface area contributed by atoms with Crippen molar-refractivity contribution in [3.8, 4) is 0 Å². The molecule has 6 heteroatoms. The predicted molar refractivity (Wildman–Crippen MR) is 120 cm³/mol. The first-order valence-corrected chi connectivity index (χ1v) is 11.8. The highest BCUT2D eigenvalue weighted by molar-refractivity contribution is 5.84. The van der Waals surface area contributed by atoms with E-state index in [1.54, 1.807) is 0 Å². The second kappa shape index (κ2) is 8.75. The SMILES string of the molecule is O=C1CC[C@H](C(=O)N2CCC3(C=Cc4ccccc43)CC2)CN1CCN1CCOCC1. The first kappa shape index (κ1) is 20.7. The van der Waals surface area contributed by atoms with Crippen LogP contribution in [0.1, 0.15) is 36.8 Å². The third-order valence-electron chi connectivity index (χ3n) is 7.69. The first-order valence-electron chi connectivity index (χ1n) is 11.8. The molecule has 0 radical (unpaired) electrons. The second-order valence-electron chi connectivity index (χ2n) is 9.43. The highest BCUT2D eigenvalue weighted by Gasteiger charge is 2.41. The van der Waals surface area contributed by atoms with E-state index < -0.39 is 0 Å². The molecule has 3 saturated heterocycles. The van der Waals surface area contributed by atoms with Gasteiger partial charge in [0.1, 0.15) is 0 Å². The number of carbonyl (C=O) groups excluding carboxylic acids is 2. The van der Waals surface area contributed by atoms with Crippen LogP contribution in [-0.2, 0) is 19.7 Å². The van der Waals surface area contributed by atoms with Crippen LogP contribution in [0.5, 0.6) is 0 Å². The summed E-state index contributed by atoms with van der Waals surface area (Å²) in [6.45, 7) is 7.16. The lowest BCUT2D eigenvalue weighted by Crippen LogP contribution is -2.52. The zero-order valence-corrected chi connectivity index (χ0v) is 18.3. The van der Waals surface area contributed by atoms with Crippen molar-refractivity contribution in [2.24, 2.45) is 5.92 Å². The Kier molecular flexibility index (Phi) is 5.85. The molecule has 0 bridgehead atoms. The van der Waals surface area contributed by atoms with Gasteiger partial charge in [-0.2, -0.15) is 0 Å². The lowest BCUT2D eigenvalue weighted by atomic mass is 9.74. The van der Waals surface area contributed by atoms with Gasteiger partial charge in [0.25, 0.3) is 0 Å². The number of carbonyl (C=O) groups is 2. The summed E-state index contributed by atoms with van der Waals surface area (Å²) in [7, 11) is 0. The summed E-state index contributed by atoms with van der Waals surface area (Å²) in [6.07, 6.45) is 7.75. The number of ether oxygens (including phenoxy) is 1. The molecule has 1 aromatic rings. The van der Waals surface area contributed by atoms with Crippen LogP contribution in [-0.4, -0.2) is 85.5 Å². The molecule has 2 amide bonds. The third kappa shape index (κ3) is 4.15. The maximum absolute atomic E-state index is 13.3. The largest absolute Gasteiger partial charge is 0.379 e. The van der Waals surface area contributed by atoms with E-state index >= 15 is 0 Å². The van der Waals surface area contributed by atoms with E-state index in [1.165, 1.54) is 11.1 Å². The third-order valence-corrected chi connectivity index (χ3v) is 7.69. The fraction of sp³-hybridized carbons (Fsp3) is 0.600. The molecule has 0 saturated carbocycles. The van der Waals surface area contributed by atoms with Gasteiger partial charge >= 0.3 is 0 Å². The summed E-state index contributed by atoms with van der Waals surface area (Å²) in [4.78, 5) is 32.1. The van der Waals surface area contributed by atoms with Crippen molar-refractivity contribution in [2.75, 3.05) is 59.0 Å². The average Bonchev–Trinajstić information content (AvgIpc) is 3.17. The van der Waals surface area contributed by atoms with Crippen LogP contribution in [0.2, 0.25) is 0 Å². The van der Waals surface area contributed by atoms with Crippen LogP contribution in [0.25, 0.3) is 6.08 Å². The van der Waals surface area contributed by atoms with Crippen molar-refractivity contribution in [2.45, 2.75) is 31.1 Å².